The summed E-state index contributed by atoms with van der Waals surface area (Å²) in [5, 5.41) is 12.6. The van der Waals surface area contributed by atoms with Crippen LogP contribution >= 0.6 is 11.3 Å². The molecule has 1 aliphatic rings. The molecular weight excluding hydrogens is 733 g/mol. The first-order valence-electron chi connectivity index (χ1n) is 20.5. The van der Waals surface area contributed by atoms with Crippen molar-refractivity contribution >= 4 is 85.8 Å². The minimum Gasteiger partial charge on any atom is -0.456 e. The smallest absolute Gasteiger partial charge is 0.136 e. The molecule has 276 valence electrons. The van der Waals surface area contributed by atoms with Crippen LogP contribution in [0.3, 0.4) is 0 Å². The molecular formula is C57H36OS. The van der Waals surface area contributed by atoms with Crippen LogP contribution in [0.4, 0.5) is 0 Å². The van der Waals surface area contributed by atoms with Crippen LogP contribution in [0.1, 0.15) is 25.0 Å². The minimum atomic E-state index is -0.0605. The van der Waals surface area contributed by atoms with Crippen LogP contribution < -0.4 is 0 Å². The maximum absolute atomic E-state index is 6.24. The number of rotatable bonds is 3. The molecule has 0 fully saturated rings. The molecule has 59 heavy (non-hydrogen) atoms. The Balaban J connectivity index is 0.929. The second-order valence-electron chi connectivity index (χ2n) is 16.8. The van der Waals surface area contributed by atoms with Crippen LogP contribution in [0, 0.1) is 0 Å². The number of thiophene rings is 1. The average molecular weight is 769 g/mol. The maximum atomic E-state index is 6.24. The summed E-state index contributed by atoms with van der Waals surface area (Å²) in [5.74, 6) is 0. The van der Waals surface area contributed by atoms with Gasteiger partial charge in [0.1, 0.15) is 11.2 Å². The normalized spacial score (nSPS) is 13.4. The largest absolute Gasteiger partial charge is 0.456 e. The molecule has 10 aromatic carbocycles. The molecule has 0 saturated carbocycles. The molecule has 0 bridgehead atoms. The van der Waals surface area contributed by atoms with Crippen LogP contribution in [-0.4, -0.2) is 0 Å². The first kappa shape index (κ1) is 33.0. The van der Waals surface area contributed by atoms with Crippen molar-refractivity contribution in [1.29, 1.82) is 0 Å². The van der Waals surface area contributed by atoms with Gasteiger partial charge in [-0.05, 0) is 124 Å². The summed E-state index contributed by atoms with van der Waals surface area (Å²) in [4.78, 5) is 0. The highest BCUT2D eigenvalue weighted by molar-refractivity contribution is 7.26. The van der Waals surface area contributed by atoms with Gasteiger partial charge in [-0.2, -0.15) is 0 Å². The zero-order valence-corrected chi connectivity index (χ0v) is 33.5. The molecule has 1 nitrogen and oxygen atoms in total. The Kier molecular flexibility index (Phi) is 6.73. The Hall–Kier alpha value is -7.00. The second-order valence-corrected chi connectivity index (χ2v) is 17.9. The molecule has 0 aliphatic heterocycles. The van der Waals surface area contributed by atoms with Gasteiger partial charge in [0.05, 0.1) is 0 Å². The van der Waals surface area contributed by atoms with Crippen molar-refractivity contribution < 1.29 is 4.42 Å². The quantitative estimate of drug-likeness (QED) is 0.163. The van der Waals surface area contributed by atoms with Crippen LogP contribution in [0.15, 0.2) is 186 Å². The standard InChI is InChI=1S/C57H36OS/c1-57(2)48-19-9-7-17-43(48)56-44(18-11-20-49(56)57)55-41-15-5-3-13-39(41)54(40-14-4-6-16-42(40)55)34-24-22-33(23-25-34)35-26-27-36-29-46-47-31-45-38-12-8-10-21-50(38)58-51(45)32-53(47)59-52(46)30-37(36)28-35/h3-32H,1-2H3. The van der Waals surface area contributed by atoms with Crippen molar-refractivity contribution in [3.63, 3.8) is 0 Å². The molecule has 13 rings (SSSR count). The number of hydrogen-bond acceptors (Lipinski definition) is 2. The Morgan fingerprint density at radius 1 is 0.356 bits per heavy atom. The molecule has 0 unspecified atom stereocenters. The van der Waals surface area contributed by atoms with Gasteiger partial charge in [0.15, 0.2) is 0 Å². The van der Waals surface area contributed by atoms with E-state index < -0.39 is 0 Å². The first-order chi connectivity index (χ1) is 29.0. The Labute approximate surface area is 345 Å². The van der Waals surface area contributed by atoms with E-state index in [2.05, 4.69) is 190 Å². The van der Waals surface area contributed by atoms with E-state index in [0.29, 0.717) is 0 Å². The molecule has 0 radical (unpaired) electrons. The third-order valence-electron chi connectivity index (χ3n) is 13.2. The fraction of sp³-hybridized carbons (Fsp3) is 0.0526. The Morgan fingerprint density at radius 3 is 1.73 bits per heavy atom. The van der Waals surface area contributed by atoms with Crippen LogP contribution in [-0.2, 0) is 5.41 Å². The van der Waals surface area contributed by atoms with Crippen LogP contribution in [0.25, 0.3) is 119 Å². The summed E-state index contributed by atoms with van der Waals surface area (Å²) in [6.45, 7) is 4.73. The van der Waals surface area contributed by atoms with Crippen molar-refractivity contribution in [2.24, 2.45) is 0 Å². The highest BCUT2D eigenvalue weighted by atomic mass is 32.1. The SMILES string of the molecule is CC1(C)c2ccccc2-c2c(-c3c4ccccc4c(-c4ccc(-c5ccc6cc7c(cc6c5)sc5cc6oc8ccccc8c6cc57)cc4)c4ccccc34)cccc21. The van der Waals surface area contributed by atoms with E-state index in [-0.39, 0.29) is 5.41 Å². The van der Waals surface area contributed by atoms with Gasteiger partial charge >= 0.3 is 0 Å². The van der Waals surface area contributed by atoms with Gasteiger partial charge in [-0.1, -0.05) is 159 Å². The molecule has 0 spiro atoms. The predicted molar refractivity (Wildman–Crippen MR) is 253 cm³/mol. The van der Waals surface area contributed by atoms with E-state index in [4.69, 9.17) is 4.42 Å². The van der Waals surface area contributed by atoms with E-state index in [0.717, 1.165) is 11.2 Å². The second kappa shape index (κ2) is 12.0. The highest BCUT2D eigenvalue weighted by Crippen LogP contribution is 2.54. The Morgan fingerprint density at radius 2 is 0.949 bits per heavy atom. The van der Waals surface area contributed by atoms with Gasteiger partial charge in [-0.25, -0.2) is 0 Å². The van der Waals surface area contributed by atoms with Gasteiger partial charge in [0.2, 0.25) is 0 Å². The lowest BCUT2D eigenvalue weighted by Crippen LogP contribution is -2.14. The van der Waals surface area contributed by atoms with Gasteiger partial charge in [0, 0.05) is 36.4 Å². The number of benzene rings is 10. The van der Waals surface area contributed by atoms with E-state index >= 15 is 0 Å². The van der Waals surface area contributed by atoms with Crippen molar-refractivity contribution in [1.82, 2.24) is 0 Å². The van der Waals surface area contributed by atoms with Gasteiger partial charge in [-0.15, -0.1) is 11.3 Å². The topological polar surface area (TPSA) is 13.1 Å². The zero-order chi connectivity index (χ0) is 39.0. The third kappa shape index (κ3) is 4.67. The summed E-state index contributed by atoms with van der Waals surface area (Å²) in [6, 6.07) is 67.7. The van der Waals surface area contributed by atoms with E-state index in [1.165, 1.54) is 119 Å². The fourth-order valence-corrected chi connectivity index (χ4v) is 11.6. The van der Waals surface area contributed by atoms with E-state index in [1.54, 1.807) is 0 Å². The summed E-state index contributed by atoms with van der Waals surface area (Å²) in [7, 11) is 0. The Bertz CT molecular complexity index is 3690. The lowest BCUT2D eigenvalue weighted by Gasteiger charge is -2.22. The first-order valence-corrected chi connectivity index (χ1v) is 21.3. The summed E-state index contributed by atoms with van der Waals surface area (Å²) in [5.41, 5.74) is 14.9. The molecule has 2 heterocycles. The molecule has 0 atom stereocenters. The fourth-order valence-electron chi connectivity index (χ4n) is 10.4. The van der Waals surface area contributed by atoms with Crippen LogP contribution in [0.2, 0.25) is 0 Å². The van der Waals surface area contributed by atoms with Crippen molar-refractivity contribution in [3.05, 3.63) is 193 Å². The molecule has 0 saturated heterocycles. The zero-order valence-electron chi connectivity index (χ0n) is 32.6. The lowest BCUT2D eigenvalue weighted by atomic mass is 9.80. The monoisotopic (exact) mass is 768 g/mol. The molecule has 0 N–H and O–H groups in total. The molecule has 2 aromatic heterocycles. The maximum Gasteiger partial charge on any atom is 0.136 e. The van der Waals surface area contributed by atoms with Gasteiger partial charge in [-0.3, -0.25) is 0 Å². The van der Waals surface area contributed by atoms with Gasteiger partial charge in [0.25, 0.3) is 0 Å². The summed E-state index contributed by atoms with van der Waals surface area (Å²) < 4.78 is 8.79. The third-order valence-corrected chi connectivity index (χ3v) is 14.4. The number of para-hydroxylation sites is 1. The molecule has 12 aromatic rings. The number of fused-ring (bicyclic) bond motifs is 12. The number of furan rings is 1. The predicted octanol–water partition coefficient (Wildman–Crippen LogP) is 16.7. The van der Waals surface area contributed by atoms with Crippen molar-refractivity contribution in [3.8, 4) is 44.5 Å². The van der Waals surface area contributed by atoms with E-state index in [9.17, 15) is 0 Å². The average Bonchev–Trinajstić information content (AvgIpc) is 3.90. The van der Waals surface area contributed by atoms with Crippen molar-refractivity contribution in [2.45, 2.75) is 19.3 Å². The molecule has 1 aliphatic carbocycles. The van der Waals surface area contributed by atoms with Crippen molar-refractivity contribution in [2.75, 3.05) is 0 Å². The summed E-state index contributed by atoms with van der Waals surface area (Å²) >= 11 is 1.85. The van der Waals surface area contributed by atoms with Crippen LogP contribution in [0.5, 0.6) is 0 Å². The summed E-state index contributed by atoms with van der Waals surface area (Å²) in [6.07, 6.45) is 0. The minimum absolute atomic E-state index is 0.0605. The molecule has 2 heteroatoms. The number of hydrogen-bond donors (Lipinski definition) is 0. The molecule has 0 amide bonds. The highest BCUT2D eigenvalue weighted by Gasteiger charge is 2.37. The van der Waals surface area contributed by atoms with E-state index in [1.807, 2.05) is 17.4 Å². The van der Waals surface area contributed by atoms with Gasteiger partial charge < -0.3 is 4.42 Å². The lowest BCUT2D eigenvalue weighted by molar-refractivity contribution is 0.660.